The maximum absolute atomic E-state index is 6.00. The lowest BCUT2D eigenvalue weighted by molar-refractivity contribution is 0.398. The lowest BCUT2D eigenvalue weighted by Crippen LogP contribution is -1.90. The molecule has 0 saturated carbocycles. The van der Waals surface area contributed by atoms with Gasteiger partial charge < -0.3 is 10.5 Å². The number of nitrogens with one attached hydrogen (secondary N) is 1. The highest BCUT2D eigenvalue weighted by Crippen LogP contribution is 2.34. The van der Waals surface area contributed by atoms with Crippen LogP contribution in [0.25, 0.3) is 22.4 Å². The Labute approximate surface area is 116 Å². The summed E-state index contributed by atoms with van der Waals surface area (Å²) in [6.07, 6.45) is 1.72. The van der Waals surface area contributed by atoms with Crippen LogP contribution in [-0.4, -0.2) is 22.3 Å². The van der Waals surface area contributed by atoms with Crippen LogP contribution < -0.4 is 10.5 Å². The van der Waals surface area contributed by atoms with Crippen molar-refractivity contribution in [3.8, 4) is 28.3 Å². The van der Waals surface area contributed by atoms with Crippen LogP contribution in [-0.2, 0) is 0 Å². The van der Waals surface area contributed by atoms with E-state index in [1.807, 2.05) is 36.4 Å². The fraction of sp³-hybridized carbons (Fsp3) is 0.0667. The molecule has 2 heterocycles. The normalized spacial score (nSPS) is 10.4. The molecule has 0 spiro atoms. The molecule has 5 heteroatoms. The van der Waals surface area contributed by atoms with Gasteiger partial charge in [-0.3, -0.25) is 5.10 Å². The van der Waals surface area contributed by atoms with Crippen LogP contribution >= 0.6 is 0 Å². The minimum Gasteiger partial charge on any atom is -0.481 e. The molecule has 0 aliphatic heterocycles. The average molecular weight is 266 g/mol. The zero-order valence-electron chi connectivity index (χ0n) is 11.0. The van der Waals surface area contributed by atoms with Gasteiger partial charge in [-0.1, -0.05) is 30.3 Å². The van der Waals surface area contributed by atoms with E-state index in [0.717, 1.165) is 22.4 Å². The van der Waals surface area contributed by atoms with Gasteiger partial charge in [0.1, 0.15) is 11.5 Å². The second-order valence-electron chi connectivity index (χ2n) is 4.32. The third-order valence-electron chi connectivity index (χ3n) is 3.08. The Morgan fingerprint density at radius 1 is 1.05 bits per heavy atom. The predicted octanol–water partition coefficient (Wildman–Crippen LogP) is 2.73. The van der Waals surface area contributed by atoms with Crippen LogP contribution in [0.4, 0.5) is 5.82 Å². The number of ether oxygens (including phenoxy) is 1. The van der Waals surface area contributed by atoms with Gasteiger partial charge in [-0.2, -0.15) is 5.10 Å². The first-order valence-electron chi connectivity index (χ1n) is 6.19. The number of benzene rings is 1. The van der Waals surface area contributed by atoms with E-state index in [1.54, 1.807) is 19.4 Å². The maximum atomic E-state index is 6.00. The number of pyridine rings is 1. The molecule has 0 saturated heterocycles. The zero-order chi connectivity index (χ0) is 13.9. The molecule has 0 amide bonds. The molecule has 0 bridgehead atoms. The molecular weight excluding hydrogens is 252 g/mol. The summed E-state index contributed by atoms with van der Waals surface area (Å²) >= 11 is 0. The summed E-state index contributed by atoms with van der Waals surface area (Å²) < 4.78 is 5.06. The number of nitrogens with two attached hydrogens (primary N) is 1. The number of hydrogen-bond acceptors (Lipinski definition) is 4. The fourth-order valence-electron chi connectivity index (χ4n) is 2.10. The zero-order valence-corrected chi connectivity index (χ0v) is 11.0. The third kappa shape index (κ3) is 2.09. The number of H-pyrrole nitrogens is 1. The molecule has 20 heavy (non-hydrogen) atoms. The monoisotopic (exact) mass is 266 g/mol. The number of nitrogens with zero attached hydrogens (tertiary/aromatic N) is 2. The van der Waals surface area contributed by atoms with Gasteiger partial charge >= 0.3 is 0 Å². The van der Waals surface area contributed by atoms with E-state index in [-0.39, 0.29) is 0 Å². The van der Waals surface area contributed by atoms with Crippen LogP contribution in [0.2, 0.25) is 0 Å². The van der Waals surface area contributed by atoms with Crippen LogP contribution in [0.5, 0.6) is 5.88 Å². The van der Waals surface area contributed by atoms with Gasteiger partial charge in [-0.15, -0.1) is 0 Å². The lowest BCUT2D eigenvalue weighted by Gasteiger charge is -2.04. The van der Waals surface area contributed by atoms with Crippen molar-refractivity contribution >= 4 is 5.82 Å². The average Bonchev–Trinajstić information content (AvgIpc) is 2.90. The predicted molar refractivity (Wildman–Crippen MR) is 78.2 cm³/mol. The standard InChI is InChI=1S/C15H14N4O/c1-20-12-8-7-11(9-17-12)14-13(15(16)19-18-14)10-5-3-2-4-6-10/h2-9H,1H3,(H3,16,18,19). The molecule has 0 aliphatic carbocycles. The Balaban J connectivity index is 2.11. The van der Waals surface area contributed by atoms with E-state index < -0.39 is 0 Å². The minimum atomic E-state index is 0.544. The maximum Gasteiger partial charge on any atom is 0.212 e. The summed E-state index contributed by atoms with van der Waals surface area (Å²) in [7, 11) is 1.59. The number of methoxy groups -OCH3 is 1. The van der Waals surface area contributed by atoms with Crippen molar-refractivity contribution < 1.29 is 4.74 Å². The SMILES string of the molecule is COc1ccc(-c2n[nH]c(N)c2-c2ccccc2)cn1. The Morgan fingerprint density at radius 3 is 2.50 bits per heavy atom. The molecule has 0 fully saturated rings. The molecule has 1 aromatic carbocycles. The molecule has 0 unspecified atom stereocenters. The van der Waals surface area contributed by atoms with E-state index in [0.29, 0.717) is 11.7 Å². The van der Waals surface area contributed by atoms with Gasteiger partial charge in [0.2, 0.25) is 5.88 Å². The van der Waals surface area contributed by atoms with E-state index in [4.69, 9.17) is 10.5 Å². The van der Waals surface area contributed by atoms with Gasteiger partial charge in [-0.25, -0.2) is 4.98 Å². The summed E-state index contributed by atoms with van der Waals surface area (Å²) in [5.41, 5.74) is 9.58. The van der Waals surface area contributed by atoms with Gasteiger partial charge in [0, 0.05) is 17.8 Å². The Kier molecular flexibility index (Phi) is 3.09. The number of hydrogen-bond donors (Lipinski definition) is 2. The molecule has 0 atom stereocenters. The molecule has 0 radical (unpaired) electrons. The van der Waals surface area contributed by atoms with Crippen LogP contribution in [0.1, 0.15) is 0 Å². The molecular formula is C15H14N4O. The number of aromatic nitrogens is 3. The second kappa shape index (κ2) is 5.05. The topological polar surface area (TPSA) is 76.8 Å². The van der Waals surface area contributed by atoms with Crippen LogP contribution in [0.15, 0.2) is 48.7 Å². The number of aromatic amines is 1. The van der Waals surface area contributed by atoms with Crippen molar-refractivity contribution in [2.45, 2.75) is 0 Å². The quantitative estimate of drug-likeness (QED) is 0.764. The van der Waals surface area contributed by atoms with Crippen molar-refractivity contribution in [3.05, 3.63) is 48.7 Å². The summed E-state index contributed by atoms with van der Waals surface area (Å²) in [6, 6.07) is 13.6. The highest BCUT2D eigenvalue weighted by atomic mass is 16.5. The Morgan fingerprint density at radius 2 is 1.85 bits per heavy atom. The largest absolute Gasteiger partial charge is 0.481 e. The fourth-order valence-corrected chi connectivity index (χ4v) is 2.10. The number of rotatable bonds is 3. The van der Waals surface area contributed by atoms with Crippen molar-refractivity contribution in [3.63, 3.8) is 0 Å². The first-order valence-corrected chi connectivity index (χ1v) is 6.19. The summed E-state index contributed by atoms with van der Waals surface area (Å²) in [4.78, 5) is 4.20. The smallest absolute Gasteiger partial charge is 0.212 e. The highest BCUT2D eigenvalue weighted by Gasteiger charge is 2.15. The first-order chi connectivity index (χ1) is 9.79. The molecule has 2 aromatic heterocycles. The van der Waals surface area contributed by atoms with Gasteiger partial charge in [0.15, 0.2) is 0 Å². The Bertz CT molecular complexity index is 704. The van der Waals surface area contributed by atoms with E-state index in [9.17, 15) is 0 Å². The van der Waals surface area contributed by atoms with Crippen molar-refractivity contribution in [2.24, 2.45) is 0 Å². The van der Waals surface area contributed by atoms with Gasteiger partial charge in [0.05, 0.1) is 12.7 Å². The van der Waals surface area contributed by atoms with Gasteiger partial charge in [-0.05, 0) is 11.6 Å². The van der Waals surface area contributed by atoms with Gasteiger partial charge in [0.25, 0.3) is 0 Å². The first kappa shape index (κ1) is 12.2. The van der Waals surface area contributed by atoms with Crippen molar-refractivity contribution in [2.75, 3.05) is 12.8 Å². The molecule has 0 aliphatic rings. The van der Waals surface area contributed by atoms with Crippen LogP contribution in [0.3, 0.4) is 0 Å². The van der Waals surface area contributed by atoms with E-state index in [2.05, 4.69) is 15.2 Å². The van der Waals surface area contributed by atoms with Crippen molar-refractivity contribution in [1.29, 1.82) is 0 Å². The summed E-state index contributed by atoms with van der Waals surface area (Å²) in [5, 5.41) is 7.12. The third-order valence-corrected chi connectivity index (χ3v) is 3.08. The van der Waals surface area contributed by atoms with Crippen molar-refractivity contribution in [1.82, 2.24) is 15.2 Å². The molecule has 3 rings (SSSR count). The molecule has 5 nitrogen and oxygen atoms in total. The van der Waals surface area contributed by atoms with E-state index >= 15 is 0 Å². The van der Waals surface area contributed by atoms with Crippen LogP contribution in [0, 0.1) is 0 Å². The minimum absolute atomic E-state index is 0.544. The molecule has 3 N–H and O–H groups in total. The lowest BCUT2D eigenvalue weighted by atomic mass is 10.0. The number of nitrogen functional groups attached to an aromatic ring is 1. The molecule has 3 aromatic rings. The Hall–Kier alpha value is -2.82. The van der Waals surface area contributed by atoms with E-state index in [1.165, 1.54) is 0 Å². The second-order valence-corrected chi connectivity index (χ2v) is 4.32. The highest BCUT2D eigenvalue weighted by molar-refractivity contribution is 5.87. The number of anilines is 1. The summed E-state index contributed by atoms with van der Waals surface area (Å²) in [6.45, 7) is 0. The summed E-state index contributed by atoms with van der Waals surface area (Å²) in [5.74, 6) is 1.11. The molecule has 100 valence electrons.